The second-order valence-corrected chi connectivity index (χ2v) is 8.67. The van der Waals surface area contributed by atoms with Crippen molar-refractivity contribution in [2.24, 2.45) is 0 Å². The Morgan fingerprint density at radius 3 is 2.00 bits per heavy atom. The van der Waals surface area contributed by atoms with Gasteiger partial charge in [-0.25, -0.2) is 17.5 Å². The van der Waals surface area contributed by atoms with Crippen LogP contribution < -0.4 is 0 Å². The van der Waals surface area contributed by atoms with Gasteiger partial charge in [0.25, 0.3) is 0 Å². The molecule has 6 nitrogen and oxygen atoms in total. The van der Waals surface area contributed by atoms with Gasteiger partial charge in [0.2, 0.25) is 15.8 Å². The molecule has 0 radical (unpaired) electrons. The number of rotatable bonds is 6. The van der Waals surface area contributed by atoms with Crippen LogP contribution in [0.1, 0.15) is 38.8 Å². The van der Waals surface area contributed by atoms with Gasteiger partial charge in [-0.2, -0.15) is 0 Å². The summed E-state index contributed by atoms with van der Waals surface area (Å²) < 4.78 is 30.4. The third-order valence-electron chi connectivity index (χ3n) is 4.31. The summed E-state index contributed by atoms with van der Waals surface area (Å²) in [5.41, 5.74) is 2.71. The normalized spacial score (nSPS) is 12.7. The monoisotopic (exact) mass is 389 g/mol. The minimum Gasteiger partial charge on any atom is -0.451 e. The number of ether oxygens (including phenoxy) is 1. The number of hydrogen-bond donors (Lipinski definition) is 0. The van der Waals surface area contributed by atoms with Gasteiger partial charge >= 0.3 is 5.97 Å². The van der Waals surface area contributed by atoms with E-state index < -0.39 is 22.1 Å². The van der Waals surface area contributed by atoms with Crippen LogP contribution in [-0.4, -0.2) is 44.7 Å². The molecular formula is C20H23NO5S. The predicted molar refractivity (Wildman–Crippen MR) is 102 cm³/mol. The summed E-state index contributed by atoms with van der Waals surface area (Å²) >= 11 is 0. The summed E-state index contributed by atoms with van der Waals surface area (Å²) in [7, 11) is -0.716. The smallest absolute Gasteiger partial charge is 0.338 e. The minimum absolute atomic E-state index is 0.0725. The van der Waals surface area contributed by atoms with Gasteiger partial charge in [0.1, 0.15) is 0 Å². The first kappa shape index (κ1) is 20.8. The number of carbonyl (C=O) groups excluding carboxylic acids is 2. The maximum atomic E-state index is 12.5. The van der Waals surface area contributed by atoms with Crippen LogP contribution in [0.5, 0.6) is 0 Å². The van der Waals surface area contributed by atoms with E-state index >= 15 is 0 Å². The lowest BCUT2D eigenvalue weighted by atomic mass is 10.0. The molecule has 0 bridgehead atoms. The van der Waals surface area contributed by atoms with E-state index in [1.165, 1.54) is 45.3 Å². The van der Waals surface area contributed by atoms with Gasteiger partial charge in [-0.15, -0.1) is 0 Å². The van der Waals surface area contributed by atoms with E-state index in [9.17, 15) is 18.0 Å². The Kier molecular flexibility index (Phi) is 6.18. The van der Waals surface area contributed by atoms with E-state index in [0.717, 1.165) is 15.4 Å². The van der Waals surface area contributed by atoms with E-state index in [1.54, 1.807) is 12.1 Å². The first-order valence-electron chi connectivity index (χ1n) is 8.39. The van der Waals surface area contributed by atoms with E-state index in [0.29, 0.717) is 5.56 Å². The summed E-state index contributed by atoms with van der Waals surface area (Å²) in [6.45, 7) is 5.37. The zero-order chi connectivity index (χ0) is 20.4. The lowest BCUT2D eigenvalue weighted by Gasteiger charge is -2.14. The number of carbonyl (C=O) groups is 2. The predicted octanol–water partition coefficient (Wildman–Crippen LogP) is 2.98. The quantitative estimate of drug-likeness (QED) is 0.560. The summed E-state index contributed by atoms with van der Waals surface area (Å²) in [6, 6.07) is 10.7. The molecule has 2 rings (SSSR count). The molecule has 27 heavy (non-hydrogen) atoms. The fraction of sp³-hybridized carbons (Fsp3) is 0.300. The van der Waals surface area contributed by atoms with Gasteiger partial charge in [-0.1, -0.05) is 12.1 Å². The van der Waals surface area contributed by atoms with Crippen LogP contribution in [0.15, 0.2) is 47.4 Å². The van der Waals surface area contributed by atoms with Crippen LogP contribution >= 0.6 is 0 Å². The molecular weight excluding hydrogens is 366 g/mol. The lowest BCUT2D eigenvalue weighted by Crippen LogP contribution is -2.25. The van der Waals surface area contributed by atoms with Crippen molar-refractivity contribution in [1.29, 1.82) is 0 Å². The zero-order valence-corrected chi connectivity index (χ0v) is 16.8. The molecule has 0 aromatic heterocycles. The van der Waals surface area contributed by atoms with Crippen LogP contribution in [-0.2, 0) is 14.8 Å². The van der Waals surface area contributed by atoms with Crippen molar-refractivity contribution in [2.45, 2.75) is 31.8 Å². The number of hydrogen-bond acceptors (Lipinski definition) is 5. The van der Waals surface area contributed by atoms with Crippen molar-refractivity contribution in [3.8, 4) is 0 Å². The van der Waals surface area contributed by atoms with Gasteiger partial charge in [-0.05, 0) is 62.2 Å². The van der Waals surface area contributed by atoms with Gasteiger partial charge in [0.05, 0.1) is 10.5 Å². The number of nitrogens with zero attached hydrogens (tertiary/aromatic N) is 1. The molecule has 0 unspecified atom stereocenters. The van der Waals surface area contributed by atoms with Crippen molar-refractivity contribution in [3.63, 3.8) is 0 Å². The molecule has 0 aliphatic rings. The topological polar surface area (TPSA) is 80.8 Å². The van der Waals surface area contributed by atoms with Crippen molar-refractivity contribution in [1.82, 2.24) is 4.31 Å². The van der Waals surface area contributed by atoms with Gasteiger partial charge in [0, 0.05) is 19.7 Å². The molecule has 0 saturated carbocycles. The number of esters is 1. The van der Waals surface area contributed by atoms with Crippen LogP contribution in [0, 0.1) is 13.8 Å². The average molecular weight is 389 g/mol. The highest BCUT2D eigenvalue weighted by Gasteiger charge is 2.22. The van der Waals surface area contributed by atoms with E-state index in [2.05, 4.69) is 0 Å². The molecule has 0 fully saturated rings. The van der Waals surface area contributed by atoms with Crippen LogP contribution in [0.2, 0.25) is 0 Å². The highest BCUT2D eigenvalue weighted by atomic mass is 32.2. The molecule has 0 aliphatic heterocycles. The average Bonchev–Trinajstić information content (AvgIpc) is 2.63. The summed E-state index contributed by atoms with van der Waals surface area (Å²) in [5.74, 6) is -0.980. The SMILES string of the molecule is Cc1ccc(C(=O)[C@@H](C)OC(=O)c2ccc(S(=O)(=O)N(C)C)cc2)cc1C. The van der Waals surface area contributed by atoms with Crippen LogP contribution in [0.4, 0.5) is 0 Å². The summed E-state index contributed by atoms with van der Waals surface area (Å²) in [5, 5.41) is 0. The summed E-state index contributed by atoms with van der Waals surface area (Å²) in [4.78, 5) is 24.8. The highest BCUT2D eigenvalue weighted by Crippen LogP contribution is 2.17. The van der Waals surface area contributed by atoms with Crippen molar-refractivity contribution in [2.75, 3.05) is 14.1 Å². The molecule has 0 N–H and O–H groups in total. The fourth-order valence-corrected chi connectivity index (χ4v) is 3.29. The molecule has 0 aliphatic carbocycles. The maximum Gasteiger partial charge on any atom is 0.338 e. The first-order chi connectivity index (χ1) is 12.5. The number of ketones is 1. The Labute approximate surface area is 159 Å². The fourth-order valence-electron chi connectivity index (χ4n) is 2.39. The molecule has 2 aromatic rings. The molecule has 0 amide bonds. The number of sulfonamides is 1. The molecule has 0 spiro atoms. The third-order valence-corrected chi connectivity index (χ3v) is 6.14. The number of aryl methyl sites for hydroxylation is 2. The Hall–Kier alpha value is -2.51. The Balaban J connectivity index is 2.12. The van der Waals surface area contributed by atoms with Crippen molar-refractivity contribution < 1.29 is 22.7 Å². The van der Waals surface area contributed by atoms with Crippen LogP contribution in [0.3, 0.4) is 0 Å². The van der Waals surface area contributed by atoms with Crippen molar-refractivity contribution in [3.05, 3.63) is 64.7 Å². The number of benzene rings is 2. The van der Waals surface area contributed by atoms with Gasteiger partial charge < -0.3 is 4.74 Å². The molecule has 7 heteroatoms. The molecule has 0 heterocycles. The Morgan fingerprint density at radius 2 is 1.48 bits per heavy atom. The number of Topliss-reactive ketones (excluding diaryl/α,β-unsaturated/α-hetero) is 1. The maximum absolute atomic E-state index is 12.5. The van der Waals surface area contributed by atoms with Gasteiger partial charge in [-0.3, -0.25) is 4.79 Å². The van der Waals surface area contributed by atoms with E-state index in [4.69, 9.17) is 4.74 Å². The molecule has 0 saturated heterocycles. The second-order valence-electron chi connectivity index (χ2n) is 6.52. The third kappa shape index (κ3) is 4.61. The first-order valence-corrected chi connectivity index (χ1v) is 9.83. The standard InChI is InChI=1S/C20H23NO5S/c1-13-6-7-17(12-14(13)2)19(22)15(3)26-20(23)16-8-10-18(11-9-16)27(24,25)21(4)5/h6-12,15H,1-5H3/t15-/m1/s1. The second kappa shape index (κ2) is 8.02. The Bertz CT molecular complexity index is 962. The molecule has 144 valence electrons. The lowest BCUT2D eigenvalue weighted by molar-refractivity contribution is 0.0318. The minimum atomic E-state index is -3.57. The Morgan fingerprint density at radius 1 is 0.926 bits per heavy atom. The largest absolute Gasteiger partial charge is 0.451 e. The summed E-state index contributed by atoms with van der Waals surface area (Å²) in [6.07, 6.45) is -0.954. The highest BCUT2D eigenvalue weighted by molar-refractivity contribution is 7.89. The zero-order valence-electron chi connectivity index (χ0n) is 16.0. The molecule has 1 atom stereocenters. The van der Waals surface area contributed by atoms with Crippen LogP contribution in [0.25, 0.3) is 0 Å². The van der Waals surface area contributed by atoms with E-state index in [1.807, 2.05) is 19.9 Å². The van der Waals surface area contributed by atoms with Gasteiger partial charge in [0.15, 0.2) is 6.10 Å². The van der Waals surface area contributed by atoms with E-state index in [-0.39, 0.29) is 16.2 Å². The molecule has 2 aromatic carbocycles. The van der Waals surface area contributed by atoms with Crippen molar-refractivity contribution >= 4 is 21.8 Å².